The van der Waals surface area contributed by atoms with Gasteiger partial charge in [-0.3, -0.25) is 10.1 Å². The molecule has 0 bridgehead atoms. The maximum Gasteiger partial charge on any atom is 0.274 e. The minimum atomic E-state index is -0.363. The zero-order chi connectivity index (χ0) is 15.7. The number of nitro groups is 1. The molecule has 0 atom stereocenters. The van der Waals surface area contributed by atoms with Crippen molar-refractivity contribution in [2.45, 2.75) is 33.2 Å². The van der Waals surface area contributed by atoms with Gasteiger partial charge in [0.15, 0.2) is 5.96 Å². The molecule has 124 valence electrons. The van der Waals surface area contributed by atoms with Crippen LogP contribution in [0.4, 0.5) is 5.69 Å². The van der Waals surface area contributed by atoms with Crippen molar-refractivity contribution >= 4 is 35.6 Å². The molecular formula is C15H25IN4O2. The monoisotopic (exact) mass is 420 g/mol. The number of halogens is 1. The van der Waals surface area contributed by atoms with Crippen molar-refractivity contribution in [2.75, 3.05) is 20.1 Å². The van der Waals surface area contributed by atoms with Gasteiger partial charge in [0, 0.05) is 26.2 Å². The van der Waals surface area contributed by atoms with Crippen molar-refractivity contribution in [1.82, 2.24) is 10.2 Å². The molecule has 1 aromatic rings. The van der Waals surface area contributed by atoms with Crippen molar-refractivity contribution in [3.63, 3.8) is 0 Å². The summed E-state index contributed by atoms with van der Waals surface area (Å²) in [5.74, 6) is 0.782. The smallest absolute Gasteiger partial charge is 0.274 e. The maximum atomic E-state index is 11.0. The maximum absolute atomic E-state index is 11.0. The zero-order valence-corrected chi connectivity index (χ0v) is 15.7. The van der Waals surface area contributed by atoms with E-state index in [9.17, 15) is 10.1 Å². The van der Waals surface area contributed by atoms with Crippen molar-refractivity contribution in [2.24, 2.45) is 4.99 Å². The van der Waals surface area contributed by atoms with Gasteiger partial charge in [0.25, 0.3) is 5.69 Å². The highest BCUT2D eigenvalue weighted by Crippen LogP contribution is 2.18. The molecule has 0 radical (unpaired) electrons. The minimum Gasteiger partial charge on any atom is -0.357 e. The van der Waals surface area contributed by atoms with Crippen molar-refractivity contribution in [3.05, 3.63) is 39.9 Å². The van der Waals surface area contributed by atoms with Gasteiger partial charge in [0.2, 0.25) is 0 Å². The average Bonchev–Trinajstić information content (AvgIpc) is 2.49. The second-order valence-electron chi connectivity index (χ2n) is 4.83. The summed E-state index contributed by atoms with van der Waals surface area (Å²) >= 11 is 0. The molecule has 22 heavy (non-hydrogen) atoms. The molecule has 1 N–H and O–H groups in total. The van der Waals surface area contributed by atoms with Gasteiger partial charge in [-0.1, -0.05) is 31.5 Å². The summed E-state index contributed by atoms with van der Waals surface area (Å²) in [6.45, 7) is 6.14. The van der Waals surface area contributed by atoms with E-state index in [-0.39, 0.29) is 34.6 Å². The van der Waals surface area contributed by atoms with Crippen molar-refractivity contribution in [3.8, 4) is 0 Å². The third-order valence-corrected chi connectivity index (χ3v) is 3.13. The lowest BCUT2D eigenvalue weighted by Crippen LogP contribution is -2.39. The number of nitrogens with zero attached hydrogens (tertiary/aromatic N) is 3. The Labute approximate surface area is 149 Å². The number of rotatable bonds is 7. The number of hydrogen-bond acceptors (Lipinski definition) is 3. The lowest BCUT2D eigenvalue weighted by molar-refractivity contribution is -0.385. The molecule has 0 saturated carbocycles. The fourth-order valence-electron chi connectivity index (χ4n) is 1.95. The molecule has 0 saturated heterocycles. The molecule has 0 aliphatic rings. The Morgan fingerprint density at radius 1 is 1.36 bits per heavy atom. The quantitative estimate of drug-likeness (QED) is 0.241. The minimum absolute atomic E-state index is 0. The second kappa shape index (κ2) is 11.2. The zero-order valence-electron chi connectivity index (χ0n) is 13.4. The van der Waals surface area contributed by atoms with Gasteiger partial charge in [-0.15, -0.1) is 24.0 Å². The molecule has 0 unspecified atom stereocenters. The summed E-state index contributed by atoms with van der Waals surface area (Å²) in [5.41, 5.74) is 0.745. The topological polar surface area (TPSA) is 70.8 Å². The molecule has 0 amide bonds. The molecule has 7 heteroatoms. The number of aliphatic imine (C=N–C) groups is 1. The Kier molecular flexibility index (Phi) is 10.5. The molecule has 0 heterocycles. The first-order valence-corrected chi connectivity index (χ1v) is 7.31. The van der Waals surface area contributed by atoms with E-state index in [1.54, 1.807) is 18.2 Å². The van der Waals surface area contributed by atoms with E-state index in [2.05, 4.69) is 22.1 Å². The van der Waals surface area contributed by atoms with Gasteiger partial charge in [-0.25, -0.2) is 4.99 Å². The van der Waals surface area contributed by atoms with Crippen LogP contribution in [0.3, 0.4) is 0 Å². The first-order valence-electron chi connectivity index (χ1n) is 7.31. The van der Waals surface area contributed by atoms with Gasteiger partial charge in [-0.05, 0) is 13.3 Å². The van der Waals surface area contributed by atoms with Crippen LogP contribution in [0.25, 0.3) is 0 Å². The van der Waals surface area contributed by atoms with Crippen molar-refractivity contribution in [1.29, 1.82) is 0 Å². The van der Waals surface area contributed by atoms with Crippen LogP contribution in [0.2, 0.25) is 0 Å². The Hall–Kier alpha value is -1.38. The Morgan fingerprint density at radius 3 is 2.64 bits per heavy atom. The third kappa shape index (κ3) is 6.59. The van der Waals surface area contributed by atoms with E-state index >= 15 is 0 Å². The summed E-state index contributed by atoms with van der Waals surface area (Å²) in [6, 6.07) is 6.73. The normalized spacial score (nSPS) is 10.8. The largest absolute Gasteiger partial charge is 0.357 e. The molecule has 0 fully saturated rings. The van der Waals surface area contributed by atoms with Crippen LogP contribution in [0.15, 0.2) is 29.3 Å². The average molecular weight is 420 g/mol. The number of hydrogen-bond donors (Lipinski definition) is 1. The Bertz CT molecular complexity index is 494. The molecule has 0 aromatic heterocycles. The highest BCUT2D eigenvalue weighted by molar-refractivity contribution is 14.0. The SMILES string of the molecule is CCCCN(C)C(=NCc1ccccc1[N+](=O)[O-])NCC.I. The summed E-state index contributed by atoms with van der Waals surface area (Å²) < 4.78 is 0. The molecular weight excluding hydrogens is 395 g/mol. The van der Waals surface area contributed by atoms with E-state index in [0.29, 0.717) is 12.1 Å². The number of unbranched alkanes of at least 4 members (excludes halogenated alkanes) is 1. The number of benzene rings is 1. The van der Waals surface area contributed by atoms with E-state index < -0.39 is 0 Å². The molecule has 0 aliphatic heterocycles. The predicted octanol–water partition coefficient (Wildman–Crippen LogP) is 3.41. The van der Waals surface area contributed by atoms with Crippen LogP contribution in [-0.4, -0.2) is 35.9 Å². The molecule has 0 spiro atoms. The summed E-state index contributed by atoms with van der Waals surface area (Å²) in [6.07, 6.45) is 2.21. The van der Waals surface area contributed by atoms with Crippen LogP contribution in [-0.2, 0) is 6.54 Å². The van der Waals surface area contributed by atoms with Gasteiger partial charge in [0.1, 0.15) is 0 Å². The van der Waals surface area contributed by atoms with Crippen molar-refractivity contribution < 1.29 is 4.92 Å². The van der Waals surface area contributed by atoms with E-state index in [1.807, 2.05) is 14.0 Å². The fraction of sp³-hybridized carbons (Fsp3) is 0.533. The Balaban J connectivity index is 0.00000441. The highest BCUT2D eigenvalue weighted by atomic mass is 127. The lowest BCUT2D eigenvalue weighted by Gasteiger charge is -2.21. The van der Waals surface area contributed by atoms with Crippen LogP contribution >= 0.6 is 24.0 Å². The predicted molar refractivity (Wildman–Crippen MR) is 101 cm³/mol. The van der Waals surface area contributed by atoms with Gasteiger partial charge in [-0.2, -0.15) is 0 Å². The molecule has 0 aliphatic carbocycles. The highest BCUT2D eigenvalue weighted by Gasteiger charge is 2.12. The summed E-state index contributed by atoms with van der Waals surface area (Å²) in [7, 11) is 1.98. The van der Waals surface area contributed by atoms with E-state index in [1.165, 1.54) is 6.07 Å². The number of guanidine groups is 1. The fourth-order valence-corrected chi connectivity index (χ4v) is 1.95. The Morgan fingerprint density at radius 2 is 2.05 bits per heavy atom. The van der Waals surface area contributed by atoms with Gasteiger partial charge < -0.3 is 10.2 Å². The number of para-hydroxylation sites is 1. The van der Waals surface area contributed by atoms with Crippen LogP contribution in [0.1, 0.15) is 32.3 Å². The molecule has 6 nitrogen and oxygen atoms in total. The van der Waals surface area contributed by atoms with Crippen LogP contribution < -0.4 is 5.32 Å². The molecule has 1 rings (SSSR count). The third-order valence-electron chi connectivity index (χ3n) is 3.13. The van der Waals surface area contributed by atoms with Crippen LogP contribution in [0.5, 0.6) is 0 Å². The number of nitro benzene ring substituents is 1. The number of nitrogens with one attached hydrogen (secondary N) is 1. The molecule has 1 aromatic carbocycles. The van der Waals surface area contributed by atoms with Gasteiger partial charge >= 0.3 is 0 Å². The lowest BCUT2D eigenvalue weighted by atomic mass is 10.2. The van der Waals surface area contributed by atoms with Gasteiger partial charge in [0.05, 0.1) is 17.0 Å². The standard InChI is InChI=1S/C15H24N4O2.HI/c1-4-6-11-18(3)15(16-5-2)17-12-13-9-7-8-10-14(13)19(20)21;/h7-10H,4-6,11-12H2,1-3H3,(H,16,17);1H. The van der Waals surface area contributed by atoms with E-state index in [0.717, 1.165) is 31.9 Å². The summed E-state index contributed by atoms with van der Waals surface area (Å²) in [4.78, 5) is 17.2. The first-order chi connectivity index (χ1) is 10.1. The second-order valence-corrected chi connectivity index (χ2v) is 4.83. The van der Waals surface area contributed by atoms with Crippen LogP contribution in [0, 0.1) is 10.1 Å². The first kappa shape index (κ1) is 20.6. The van der Waals surface area contributed by atoms with E-state index in [4.69, 9.17) is 0 Å². The summed E-state index contributed by atoms with van der Waals surface area (Å²) in [5, 5.41) is 14.2.